The summed E-state index contributed by atoms with van der Waals surface area (Å²) in [5.74, 6) is 0.448. The Labute approximate surface area is 168 Å². The van der Waals surface area contributed by atoms with Gasteiger partial charge in [0, 0.05) is 10.9 Å². The van der Waals surface area contributed by atoms with Crippen LogP contribution in [-0.2, 0) is 17.5 Å². The molecule has 1 aromatic heterocycles. The van der Waals surface area contributed by atoms with Gasteiger partial charge in [0.15, 0.2) is 17.2 Å². The molecule has 152 valence electrons. The molecule has 0 saturated carbocycles. The Kier molecular flexibility index (Phi) is 6.07. The first-order valence-electron chi connectivity index (χ1n) is 8.33. The van der Waals surface area contributed by atoms with Crippen LogP contribution >= 0.6 is 11.3 Å². The number of methoxy groups -OCH3 is 2. The zero-order valence-electron chi connectivity index (χ0n) is 15.4. The molecule has 0 aliphatic rings. The third-order valence-corrected chi connectivity index (χ3v) is 4.89. The van der Waals surface area contributed by atoms with Crippen molar-refractivity contribution in [2.24, 2.45) is 0 Å². The standard InChI is InChI=1S/C20H16F3NO4S/c1-26-16-8-5-13(9-17(16)27-2)18-24-15(11-29-18)19(25)28-10-12-3-6-14(7-4-12)20(21,22)23/h3-9,11H,10H2,1-2H3. The first-order valence-corrected chi connectivity index (χ1v) is 9.21. The zero-order chi connectivity index (χ0) is 21.0. The van der Waals surface area contributed by atoms with Gasteiger partial charge in [-0.25, -0.2) is 9.78 Å². The minimum absolute atomic E-state index is 0.117. The maximum atomic E-state index is 12.6. The summed E-state index contributed by atoms with van der Waals surface area (Å²) < 4.78 is 53.3. The summed E-state index contributed by atoms with van der Waals surface area (Å²) in [6, 6.07) is 9.70. The second-order valence-corrected chi connectivity index (χ2v) is 6.74. The van der Waals surface area contributed by atoms with Crippen LogP contribution in [0.5, 0.6) is 11.5 Å². The first-order chi connectivity index (χ1) is 13.8. The van der Waals surface area contributed by atoms with E-state index in [1.54, 1.807) is 23.6 Å². The Morgan fingerprint density at radius 1 is 1.03 bits per heavy atom. The molecule has 2 aromatic carbocycles. The number of hydrogen-bond acceptors (Lipinski definition) is 6. The SMILES string of the molecule is COc1ccc(-c2nc(C(=O)OCc3ccc(C(F)(F)F)cc3)cs2)cc1OC. The van der Waals surface area contributed by atoms with Crippen LogP contribution in [0.2, 0.25) is 0 Å². The molecule has 0 saturated heterocycles. The molecular weight excluding hydrogens is 407 g/mol. The van der Waals surface area contributed by atoms with Crippen LogP contribution in [-0.4, -0.2) is 25.2 Å². The number of nitrogens with zero attached hydrogens (tertiary/aromatic N) is 1. The molecule has 0 N–H and O–H groups in total. The Balaban J connectivity index is 1.67. The number of hydrogen-bond donors (Lipinski definition) is 0. The normalized spacial score (nSPS) is 11.2. The van der Waals surface area contributed by atoms with Crippen molar-refractivity contribution in [3.05, 3.63) is 64.7 Å². The van der Waals surface area contributed by atoms with Crippen molar-refractivity contribution in [2.45, 2.75) is 12.8 Å². The molecule has 0 spiro atoms. The summed E-state index contributed by atoms with van der Waals surface area (Å²) in [6.45, 7) is -0.153. The van der Waals surface area contributed by atoms with Gasteiger partial charge < -0.3 is 14.2 Å². The molecule has 3 rings (SSSR count). The summed E-state index contributed by atoms with van der Waals surface area (Å²) >= 11 is 1.26. The molecule has 5 nitrogen and oxygen atoms in total. The maximum absolute atomic E-state index is 12.6. The van der Waals surface area contributed by atoms with Crippen LogP contribution in [0.4, 0.5) is 13.2 Å². The van der Waals surface area contributed by atoms with Gasteiger partial charge in [-0.1, -0.05) is 12.1 Å². The van der Waals surface area contributed by atoms with E-state index in [1.165, 1.54) is 37.7 Å². The van der Waals surface area contributed by atoms with Gasteiger partial charge in [0.25, 0.3) is 0 Å². The lowest BCUT2D eigenvalue weighted by Crippen LogP contribution is -2.07. The lowest BCUT2D eigenvalue weighted by atomic mass is 10.1. The third kappa shape index (κ3) is 4.86. The van der Waals surface area contributed by atoms with E-state index in [1.807, 2.05) is 0 Å². The molecule has 0 amide bonds. The molecule has 0 fully saturated rings. The second kappa shape index (κ2) is 8.52. The quantitative estimate of drug-likeness (QED) is 0.510. The number of thiazole rings is 1. The van der Waals surface area contributed by atoms with Gasteiger partial charge in [0.1, 0.15) is 11.6 Å². The van der Waals surface area contributed by atoms with Gasteiger partial charge in [0.05, 0.1) is 19.8 Å². The van der Waals surface area contributed by atoms with E-state index >= 15 is 0 Å². The molecular formula is C20H16F3NO4S. The number of esters is 1. The molecule has 29 heavy (non-hydrogen) atoms. The molecule has 0 atom stereocenters. The predicted octanol–water partition coefficient (Wildman–Crippen LogP) is 5.20. The minimum Gasteiger partial charge on any atom is -0.493 e. The maximum Gasteiger partial charge on any atom is 0.416 e. The average molecular weight is 423 g/mol. The van der Waals surface area contributed by atoms with Gasteiger partial charge in [-0.05, 0) is 35.9 Å². The zero-order valence-corrected chi connectivity index (χ0v) is 16.3. The van der Waals surface area contributed by atoms with Crippen LogP contribution < -0.4 is 9.47 Å². The van der Waals surface area contributed by atoms with E-state index in [0.717, 1.165) is 17.7 Å². The Bertz CT molecular complexity index is 1000. The fraction of sp³-hybridized carbons (Fsp3) is 0.200. The van der Waals surface area contributed by atoms with E-state index in [-0.39, 0.29) is 12.3 Å². The number of carbonyl (C=O) groups excluding carboxylic acids is 1. The van der Waals surface area contributed by atoms with Crippen molar-refractivity contribution in [3.8, 4) is 22.1 Å². The first kappa shape index (κ1) is 20.7. The smallest absolute Gasteiger partial charge is 0.416 e. The lowest BCUT2D eigenvalue weighted by molar-refractivity contribution is -0.137. The van der Waals surface area contributed by atoms with Crippen LogP contribution in [0.15, 0.2) is 47.8 Å². The summed E-state index contributed by atoms with van der Waals surface area (Å²) in [6.07, 6.45) is -4.41. The van der Waals surface area contributed by atoms with Crippen molar-refractivity contribution in [2.75, 3.05) is 14.2 Å². The Morgan fingerprint density at radius 3 is 2.34 bits per heavy atom. The molecule has 0 aliphatic carbocycles. The number of benzene rings is 2. The van der Waals surface area contributed by atoms with Gasteiger partial charge >= 0.3 is 12.1 Å². The number of halogens is 3. The van der Waals surface area contributed by atoms with E-state index in [2.05, 4.69) is 4.98 Å². The van der Waals surface area contributed by atoms with E-state index in [0.29, 0.717) is 22.1 Å². The Hall–Kier alpha value is -3.07. The van der Waals surface area contributed by atoms with Crippen LogP contribution in [0.25, 0.3) is 10.6 Å². The summed E-state index contributed by atoms with van der Waals surface area (Å²) in [5.41, 5.74) is 0.550. The Morgan fingerprint density at radius 2 is 1.72 bits per heavy atom. The number of ether oxygens (including phenoxy) is 3. The third-order valence-electron chi connectivity index (χ3n) is 4.00. The highest BCUT2D eigenvalue weighted by Crippen LogP contribution is 2.33. The average Bonchev–Trinajstić information content (AvgIpc) is 3.21. The van der Waals surface area contributed by atoms with Gasteiger partial charge in [-0.3, -0.25) is 0 Å². The van der Waals surface area contributed by atoms with E-state index < -0.39 is 17.7 Å². The minimum atomic E-state index is -4.41. The monoisotopic (exact) mass is 423 g/mol. The predicted molar refractivity (Wildman–Crippen MR) is 101 cm³/mol. The number of aromatic nitrogens is 1. The fourth-order valence-electron chi connectivity index (χ4n) is 2.48. The van der Waals surface area contributed by atoms with E-state index in [9.17, 15) is 18.0 Å². The second-order valence-electron chi connectivity index (χ2n) is 5.88. The van der Waals surface area contributed by atoms with Crippen molar-refractivity contribution in [1.82, 2.24) is 4.98 Å². The van der Waals surface area contributed by atoms with Crippen LogP contribution in [0, 0.1) is 0 Å². The van der Waals surface area contributed by atoms with Gasteiger partial charge in [0.2, 0.25) is 0 Å². The molecule has 0 bridgehead atoms. The summed E-state index contributed by atoms with van der Waals surface area (Å²) in [4.78, 5) is 16.5. The van der Waals surface area contributed by atoms with Gasteiger partial charge in [-0.2, -0.15) is 13.2 Å². The highest BCUT2D eigenvalue weighted by Gasteiger charge is 2.30. The number of alkyl halides is 3. The molecule has 0 unspecified atom stereocenters. The molecule has 3 aromatic rings. The highest BCUT2D eigenvalue weighted by atomic mass is 32.1. The molecule has 0 aliphatic heterocycles. The lowest BCUT2D eigenvalue weighted by Gasteiger charge is -2.08. The molecule has 9 heteroatoms. The highest BCUT2D eigenvalue weighted by molar-refractivity contribution is 7.13. The van der Waals surface area contributed by atoms with Crippen molar-refractivity contribution in [1.29, 1.82) is 0 Å². The summed E-state index contributed by atoms with van der Waals surface area (Å²) in [5, 5.41) is 2.15. The topological polar surface area (TPSA) is 57.7 Å². The van der Waals surface area contributed by atoms with Crippen molar-refractivity contribution in [3.63, 3.8) is 0 Å². The van der Waals surface area contributed by atoms with Crippen molar-refractivity contribution < 1.29 is 32.2 Å². The fourth-order valence-corrected chi connectivity index (χ4v) is 3.27. The summed E-state index contributed by atoms with van der Waals surface area (Å²) in [7, 11) is 3.05. The largest absolute Gasteiger partial charge is 0.493 e. The van der Waals surface area contributed by atoms with E-state index in [4.69, 9.17) is 14.2 Å². The molecule has 0 radical (unpaired) electrons. The van der Waals surface area contributed by atoms with Crippen LogP contribution in [0.3, 0.4) is 0 Å². The number of carbonyl (C=O) groups is 1. The van der Waals surface area contributed by atoms with Gasteiger partial charge in [-0.15, -0.1) is 11.3 Å². The van der Waals surface area contributed by atoms with Crippen molar-refractivity contribution >= 4 is 17.3 Å². The van der Waals surface area contributed by atoms with Crippen LogP contribution in [0.1, 0.15) is 21.6 Å². The molecule has 1 heterocycles. The number of rotatable bonds is 6.